The molecule has 0 aliphatic carbocycles. The van der Waals surface area contributed by atoms with Crippen molar-refractivity contribution in [2.45, 2.75) is 31.7 Å². The average Bonchev–Trinajstić information content (AvgIpc) is 3.08. The lowest BCUT2D eigenvalue weighted by Crippen LogP contribution is -2.38. The fourth-order valence-electron chi connectivity index (χ4n) is 3.54. The lowest BCUT2D eigenvalue weighted by atomic mass is 9.95. The van der Waals surface area contributed by atoms with Crippen molar-refractivity contribution in [1.82, 2.24) is 21.1 Å². The maximum Gasteiger partial charge on any atom is 0.223 e. The van der Waals surface area contributed by atoms with Gasteiger partial charge in [0.1, 0.15) is 0 Å². The molecule has 2 heterocycles. The molecule has 1 aromatic rings. The zero-order valence-corrected chi connectivity index (χ0v) is 14.8. The first-order chi connectivity index (χ1) is 11.7. The maximum atomic E-state index is 12.2. The van der Waals surface area contributed by atoms with Crippen LogP contribution in [0.25, 0.3) is 0 Å². The third-order valence-corrected chi connectivity index (χ3v) is 5.21. The van der Waals surface area contributed by atoms with E-state index in [0.29, 0.717) is 18.2 Å². The van der Waals surface area contributed by atoms with Crippen molar-refractivity contribution in [1.29, 1.82) is 0 Å². The van der Waals surface area contributed by atoms with Crippen molar-refractivity contribution in [3.8, 4) is 0 Å². The molecule has 1 aromatic carbocycles. The van der Waals surface area contributed by atoms with Gasteiger partial charge in [-0.05, 0) is 37.0 Å². The summed E-state index contributed by atoms with van der Waals surface area (Å²) in [5.41, 5.74) is 7.81. The van der Waals surface area contributed by atoms with Crippen LogP contribution in [-0.2, 0) is 4.79 Å². The van der Waals surface area contributed by atoms with Crippen LogP contribution in [0.4, 0.5) is 0 Å². The molecular formula is C18H27ClN4O. The SMILES string of the molecule is O=C(CCNCC1CNNC1c1ccc(Cl)cc1)N1CCCCC1. The number of amides is 1. The van der Waals surface area contributed by atoms with Crippen LogP contribution in [0.3, 0.4) is 0 Å². The number of carbonyl (C=O) groups is 1. The molecule has 0 saturated carbocycles. The Morgan fingerprint density at radius 3 is 2.71 bits per heavy atom. The number of hydrazine groups is 1. The molecule has 0 spiro atoms. The summed E-state index contributed by atoms with van der Waals surface area (Å²) in [6.45, 7) is 4.43. The van der Waals surface area contributed by atoms with E-state index in [1.54, 1.807) is 0 Å². The fraction of sp³-hybridized carbons (Fsp3) is 0.611. The van der Waals surface area contributed by atoms with Gasteiger partial charge in [-0.1, -0.05) is 23.7 Å². The zero-order chi connectivity index (χ0) is 16.8. The second kappa shape index (κ2) is 8.81. The first kappa shape index (κ1) is 17.7. The predicted molar refractivity (Wildman–Crippen MR) is 96.7 cm³/mol. The number of benzene rings is 1. The summed E-state index contributed by atoms with van der Waals surface area (Å²) in [5, 5.41) is 4.21. The molecule has 6 heteroatoms. The molecule has 1 amide bonds. The van der Waals surface area contributed by atoms with Crippen LogP contribution in [0.15, 0.2) is 24.3 Å². The average molecular weight is 351 g/mol. The van der Waals surface area contributed by atoms with E-state index in [1.165, 1.54) is 12.0 Å². The van der Waals surface area contributed by atoms with Gasteiger partial charge in [-0.2, -0.15) is 0 Å². The Hall–Kier alpha value is -1.14. The van der Waals surface area contributed by atoms with Gasteiger partial charge in [-0.3, -0.25) is 10.2 Å². The Bertz CT molecular complexity index is 530. The highest BCUT2D eigenvalue weighted by Gasteiger charge is 2.27. The van der Waals surface area contributed by atoms with E-state index in [4.69, 9.17) is 11.6 Å². The first-order valence-corrected chi connectivity index (χ1v) is 9.34. The van der Waals surface area contributed by atoms with Crippen molar-refractivity contribution in [3.63, 3.8) is 0 Å². The van der Waals surface area contributed by atoms with Gasteiger partial charge in [0.2, 0.25) is 5.91 Å². The third-order valence-electron chi connectivity index (χ3n) is 4.95. The van der Waals surface area contributed by atoms with Gasteiger partial charge in [0, 0.05) is 50.1 Å². The summed E-state index contributed by atoms with van der Waals surface area (Å²) >= 11 is 5.97. The van der Waals surface area contributed by atoms with Gasteiger partial charge in [0.25, 0.3) is 0 Å². The number of halogens is 1. The number of nitrogens with zero attached hydrogens (tertiary/aromatic N) is 1. The summed E-state index contributed by atoms with van der Waals surface area (Å²) in [7, 11) is 0. The minimum absolute atomic E-state index is 0.271. The largest absolute Gasteiger partial charge is 0.343 e. The topological polar surface area (TPSA) is 56.4 Å². The van der Waals surface area contributed by atoms with E-state index in [0.717, 1.165) is 50.6 Å². The lowest BCUT2D eigenvalue weighted by molar-refractivity contribution is -0.131. The Labute approximate surface area is 149 Å². The molecule has 3 N–H and O–H groups in total. The molecule has 3 rings (SSSR count). The Morgan fingerprint density at radius 2 is 1.96 bits per heavy atom. The second-order valence-corrected chi connectivity index (χ2v) is 7.15. The lowest BCUT2D eigenvalue weighted by Gasteiger charge is -2.27. The number of hydrogen-bond donors (Lipinski definition) is 3. The van der Waals surface area contributed by atoms with Crippen LogP contribution in [0.1, 0.15) is 37.3 Å². The van der Waals surface area contributed by atoms with Crippen molar-refractivity contribution >= 4 is 17.5 Å². The van der Waals surface area contributed by atoms with Gasteiger partial charge in [-0.15, -0.1) is 0 Å². The molecule has 5 nitrogen and oxygen atoms in total. The molecule has 0 bridgehead atoms. The summed E-state index contributed by atoms with van der Waals surface area (Å²) in [6, 6.07) is 8.27. The number of hydrogen-bond acceptors (Lipinski definition) is 4. The first-order valence-electron chi connectivity index (χ1n) is 8.96. The molecule has 24 heavy (non-hydrogen) atoms. The quantitative estimate of drug-likeness (QED) is 0.688. The molecule has 0 aromatic heterocycles. The highest BCUT2D eigenvalue weighted by molar-refractivity contribution is 6.30. The van der Waals surface area contributed by atoms with Crippen molar-refractivity contribution in [2.24, 2.45) is 5.92 Å². The van der Waals surface area contributed by atoms with Crippen LogP contribution in [-0.4, -0.2) is 43.5 Å². The molecule has 2 saturated heterocycles. The molecule has 132 valence electrons. The molecule has 2 fully saturated rings. The molecule has 0 radical (unpaired) electrons. The van der Waals surface area contributed by atoms with Gasteiger partial charge in [0.05, 0.1) is 6.04 Å². The highest BCUT2D eigenvalue weighted by Crippen LogP contribution is 2.25. The van der Waals surface area contributed by atoms with E-state index in [9.17, 15) is 4.79 Å². The molecule has 2 unspecified atom stereocenters. The van der Waals surface area contributed by atoms with Crippen LogP contribution < -0.4 is 16.2 Å². The zero-order valence-electron chi connectivity index (χ0n) is 14.1. The summed E-state index contributed by atoms with van der Waals surface area (Å²) in [4.78, 5) is 14.2. The van der Waals surface area contributed by atoms with E-state index >= 15 is 0 Å². The van der Waals surface area contributed by atoms with Gasteiger partial charge < -0.3 is 10.2 Å². The fourth-order valence-corrected chi connectivity index (χ4v) is 3.66. The summed E-state index contributed by atoms with van der Waals surface area (Å²) < 4.78 is 0. The van der Waals surface area contributed by atoms with Crippen LogP contribution in [0.5, 0.6) is 0 Å². The van der Waals surface area contributed by atoms with Crippen LogP contribution in [0, 0.1) is 5.92 Å². The van der Waals surface area contributed by atoms with Crippen LogP contribution >= 0.6 is 11.6 Å². The molecule has 2 aliphatic heterocycles. The van der Waals surface area contributed by atoms with E-state index in [-0.39, 0.29) is 6.04 Å². The van der Waals surface area contributed by atoms with E-state index < -0.39 is 0 Å². The van der Waals surface area contributed by atoms with Gasteiger partial charge in [0.15, 0.2) is 0 Å². The molecular weight excluding hydrogens is 324 g/mol. The Balaban J connectivity index is 1.40. The molecule has 2 atom stereocenters. The number of rotatable bonds is 6. The normalized spacial score (nSPS) is 24.3. The monoisotopic (exact) mass is 350 g/mol. The minimum atomic E-state index is 0.271. The highest BCUT2D eigenvalue weighted by atomic mass is 35.5. The second-order valence-electron chi connectivity index (χ2n) is 6.71. The van der Waals surface area contributed by atoms with Crippen molar-refractivity contribution in [3.05, 3.63) is 34.9 Å². The maximum absolute atomic E-state index is 12.2. The number of likely N-dealkylation sites (tertiary alicyclic amines) is 1. The van der Waals surface area contributed by atoms with E-state index in [1.807, 2.05) is 17.0 Å². The Kier molecular flexibility index (Phi) is 6.49. The number of carbonyl (C=O) groups excluding carboxylic acids is 1. The number of nitrogens with one attached hydrogen (secondary N) is 3. The number of piperidine rings is 1. The van der Waals surface area contributed by atoms with Crippen molar-refractivity contribution < 1.29 is 4.79 Å². The predicted octanol–water partition coefficient (Wildman–Crippen LogP) is 2.10. The Morgan fingerprint density at radius 1 is 1.21 bits per heavy atom. The standard InChI is InChI=1S/C18H27ClN4O/c19-16-6-4-14(5-7-16)18-15(13-21-22-18)12-20-9-8-17(24)23-10-2-1-3-11-23/h4-7,15,18,20-22H,1-3,8-13H2. The van der Waals surface area contributed by atoms with Crippen LogP contribution in [0.2, 0.25) is 5.02 Å². The smallest absolute Gasteiger partial charge is 0.223 e. The molecule has 2 aliphatic rings. The minimum Gasteiger partial charge on any atom is -0.343 e. The summed E-state index contributed by atoms with van der Waals surface area (Å²) in [6.07, 6.45) is 4.16. The van der Waals surface area contributed by atoms with E-state index in [2.05, 4.69) is 28.3 Å². The summed E-state index contributed by atoms with van der Waals surface area (Å²) in [5.74, 6) is 0.746. The van der Waals surface area contributed by atoms with Crippen molar-refractivity contribution in [2.75, 3.05) is 32.7 Å². The van der Waals surface area contributed by atoms with Gasteiger partial charge >= 0.3 is 0 Å². The van der Waals surface area contributed by atoms with Gasteiger partial charge in [-0.25, -0.2) is 5.43 Å². The third kappa shape index (κ3) is 4.70.